The van der Waals surface area contributed by atoms with E-state index < -0.39 is 0 Å². The summed E-state index contributed by atoms with van der Waals surface area (Å²) in [6, 6.07) is 9.65. The first-order valence-corrected chi connectivity index (χ1v) is 6.85. The minimum atomic E-state index is 0.0231. The summed E-state index contributed by atoms with van der Waals surface area (Å²) in [6.07, 6.45) is 2.89. The predicted octanol–water partition coefficient (Wildman–Crippen LogP) is 2.50. The number of benzene rings is 1. The van der Waals surface area contributed by atoms with Crippen molar-refractivity contribution in [3.05, 3.63) is 36.0 Å². The molecule has 0 aliphatic heterocycles. The Morgan fingerprint density at radius 1 is 1.40 bits per heavy atom. The van der Waals surface area contributed by atoms with Crippen LogP contribution < -0.4 is 11.1 Å². The van der Waals surface area contributed by atoms with Crippen LogP contribution in [0.25, 0.3) is 5.69 Å². The highest BCUT2D eigenvalue weighted by Gasteiger charge is 2.25. The number of amides is 1. The topological polar surface area (TPSA) is 72.9 Å². The molecule has 5 nitrogen and oxygen atoms in total. The maximum absolute atomic E-state index is 11.9. The van der Waals surface area contributed by atoms with Gasteiger partial charge in [-0.25, -0.2) is 4.68 Å². The van der Waals surface area contributed by atoms with Crippen LogP contribution in [0, 0.1) is 12.8 Å². The third kappa shape index (κ3) is 2.52. The van der Waals surface area contributed by atoms with Crippen LogP contribution in [0.5, 0.6) is 0 Å². The second-order valence-corrected chi connectivity index (χ2v) is 5.29. The van der Waals surface area contributed by atoms with Crippen LogP contribution in [0.4, 0.5) is 11.5 Å². The summed E-state index contributed by atoms with van der Waals surface area (Å²) < 4.78 is 1.65. The summed E-state index contributed by atoms with van der Waals surface area (Å²) in [4.78, 5) is 11.9. The second kappa shape index (κ2) is 5.00. The minimum absolute atomic E-state index is 0.0231. The van der Waals surface area contributed by atoms with Crippen molar-refractivity contribution < 1.29 is 4.79 Å². The molecule has 1 saturated carbocycles. The number of carbonyl (C=O) groups excluding carboxylic acids is 1. The number of carbonyl (C=O) groups is 1. The normalized spacial score (nSPS) is 14.2. The van der Waals surface area contributed by atoms with Crippen molar-refractivity contribution in [3.8, 4) is 5.69 Å². The van der Waals surface area contributed by atoms with Crippen molar-refractivity contribution >= 4 is 17.4 Å². The lowest BCUT2D eigenvalue weighted by molar-refractivity contribution is -0.116. The molecule has 1 fully saturated rings. The zero-order valence-electron chi connectivity index (χ0n) is 11.5. The van der Waals surface area contributed by atoms with Crippen LogP contribution in [-0.2, 0) is 4.79 Å². The zero-order chi connectivity index (χ0) is 14.1. The first-order valence-electron chi connectivity index (χ1n) is 6.85. The van der Waals surface area contributed by atoms with Crippen LogP contribution in [0.2, 0.25) is 0 Å². The Labute approximate surface area is 117 Å². The Morgan fingerprint density at radius 2 is 2.10 bits per heavy atom. The van der Waals surface area contributed by atoms with Crippen LogP contribution >= 0.6 is 0 Å². The summed E-state index contributed by atoms with van der Waals surface area (Å²) >= 11 is 0. The molecule has 3 N–H and O–H groups in total. The summed E-state index contributed by atoms with van der Waals surface area (Å²) in [5.74, 6) is 1.05. The van der Waals surface area contributed by atoms with Gasteiger partial charge in [0.25, 0.3) is 0 Å². The number of hydrogen-bond acceptors (Lipinski definition) is 3. The van der Waals surface area contributed by atoms with E-state index in [0.29, 0.717) is 23.8 Å². The Hall–Kier alpha value is -2.30. The Kier molecular flexibility index (Phi) is 3.18. The molecular weight excluding hydrogens is 252 g/mol. The molecule has 104 valence electrons. The fourth-order valence-electron chi connectivity index (χ4n) is 2.24. The zero-order valence-corrected chi connectivity index (χ0v) is 11.5. The number of nitrogens with two attached hydrogens (primary N) is 1. The fraction of sp³-hybridized carbons (Fsp3) is 0.333. The van der Waals surface area contributed by atoms with Gasteiger partial charge in [-0.15, -0.1) is 0 Å². The van der Waals surface area contributed by atoms with E-state index in [1.807, 2.05) is 37.3 Å². The Morgan fingerprint density at radius 3 is 2.75 bits per heavy atom. The minimum Gasteiger partial charge on any atom is -0.382 e. The molecule has 1 aromatic carbocycles. The molecule has 2 aromatic rings. The first kappa shape index (κ1) is 12.7. The van der Waals surface area contributed by atoms with Gasteiger partial charge in [0.15, 0.2) is 5.82 Å². The second-order valence-electron chi connectivity index (χ2n) is 5.29. The van der Waals surface area contributed by atoms with E-state index in [1.54, 1.807) is 4.68 Å². The largest absolute Gasteiger partial charge is 0.382 e. The molecule has 0 spiro atoms. The van der Waals surface area contributed by atoms with Gasteiger partial charge in [-0.3, -0.25) is 4.79 Å². The maximum Gasteiger partial charge on any atom is 0.224 e. The molecule has 3 rings (SSSR count). The van der Waals surface area contributed by atoms with E-state index in [4.69, 9.17) is 5.73 Å². The molecule has 20 heavy (non-hydrogen) atoms. The molecule has 5 heteroatoms. The lowest BCUT2D eigenvalue weighted by Gasteiger charge is -2.06. The monoisotopic (exact) mass is 270 g/mol. The molecule has 1 amide bonds. The number of nitrogens with one attached hydrogen (secondary N) is 1. The molecule has 0 bridgehead atoms. The molecule has 1 aromatic heterocycles. The lowest BCUT2D eigenvalue weighted by Crippen LogP contribution is -2.13. The number of aryl methyl sites for hydroxylation is 1. The van der Waals surface area contributed by atoms with Crippen molar-refractivity contribution in [2.45, 2.75) is 26.2 Å². The Balaban J connectivity index is 1.84. The third-order valence-electron chi connectivity index (χ3n) is 3.53. The molecule has 1 heterocycles. The maximum atomic E-state index is 11.9. The van der Waals surface area contributed by atoms with Gasteiger partial charge in [0, 0.05) is 6.42 Å². The molecule has 0 atom stereocenters. The highest BCUT2D eigenvalue weighted by Crippen LogP contribution is 2.33. The molecule has 0 radical (unpaired) electrons. The van der Waals surface area contributed by atoms with Crippen molar-refractivity contribution in [2.24, 2.45) is 5.92 Å². The quantitative estimate of drug-likeness (QED) is 0.896. The van der Waals surface area contributed by atoms with Gasteiger partial charge < -0.3 is 11.1 Å². The number of nitrogens with zero attached hydrogens (tertiary/aromatic N) is 2. The number of anilines is 2. The van der Waals surface area contributed by atoms with Crippen LogP contribution in [0.15, 0.2) is 30.3 Å². The van der Waals surface area contributed by atoms with E-state index in [9.17, 15) is 4.79 Å². The smallest absolute Gasteiger partial charge is 0.224 e. The van der Waals surface area contributed by atoms with Gasteiger partial charge in [-0.1, -0.05) is 18.2 Å². The standard InChI is InChI=1S/C15H18N4O/c1-10-14(17-13(20)9-11-7-8-11)15(16)19(18-10)12-5-3-2-4-6-12/h2-6,11H,7-9,16H2,1H3,(H,17,20). The van der Waals surface area contributed by atoms with Crippen LogP contribution in [0.3, 0.4) is 0 Å². The van der Waals surface area contributed by atoms with E-state index in [1.165, 1.54) is 0 Å². The summed E-state index contributed by atoms with van der Waals surface area (Å²) in [6.45, 7) is 1.85. The average molecular weight is 270 g/mol. The van der Waals surface area contributed by atoms with Gasteiger partial charge in [0.1, 0.15) is 5.69 Å². The van der Waals surface area contributed by atoms with E-state index >= 15 is 0 Å². The summed E-state index contributed by atoms with van der Waals surface area (Å²) in [5.41, 5.74) is 8.36. The van der Waals surface area contributed by atoms with Gasteiger partial charge in [-0.2, -0.15) is 5.10 Å². The van der Waals surface area contributed by atoms with Crippen molar-refractivity contribution in [1.29, 1.82) is 0 Å². The number of hydrogen-bond donors (Lipinski definition) is 2. The average Bonchev–Trinajstić information content (AvgIpc) is 3.21. The van der Waals surface area contributed by atoms with Gasteiger partial charge in [0.05, 0.1) is 11.4 Å². The highest BCUT2D eigenvalue weighted by molar-refractivity contribution is 5.94. The summed E-state index contributed by atoms with van der Waals surface area (Å²) in [7, 11) is 0. The van der Waals surface area contributed by atoms with E-state index in [2.05, 4.69) is 10.4 Å². The van der Waals surface area contributed by atoms with Gasteiger partial charge in [0.2, 0.25) is 5.91 Å². The van der Waals surface area contributed by atoms with Crippen LogP contribution in [-0.4, -0.2) is 15.7 Å². The number of aromatic nitrogens is 2. The lowest BCUT2D eigenvalue weighted by atomic mass is 10.2. The summed E-state index contributed by atoms with van der Waals surface area (Å²) in [5, 5.41) is 7.30. The first-order chi connectivity index (χ1) is 9.65. The predicted molar refractivity (Wildman–Crippen MR) is 78.7 cm³/mol. The number of rotatable bonds is 4. The Bertz CT molecular complexity index is 629. The van der Waals surface area contributed by atoms with E-state index in [-0.39, 0.29) is 5.91 Å². The fourth-order valence-corrected chi connectivity index (χ4v) is 2.24. The van der Waals surface area contributed by atoms with Gasteiger partial charge in [-0.05, 0) is 37.8 Å². The van der Waals surface area contributed by atoms with E-state index in [0.717, 1.165) is 24.2 Å². The molecule has 0 saturated heterocycles. The number of para-hydroxylation sites is 1. The van der Waals surface area contributed by atoms with Crippen molar-refractivity contribution in [1.82, 2.24) is 9.78 Å². The molecule has 0 unspecified atom stereocenters. The molecule has 1 aliphatic rings. The molecule has 1 aliphatic carbocycles. The van der Waals surface area contributed by atoms with Crippen molar-refractivity contribution in [2.75, 3.05) is 11.1 Å². The SMILES string of the molecule is Cc1nn(-c2ccccc2)c(N)c1NC(=O)CC1CC1. The van der Waals surface area contributed by atoms with Gasteiger partial charge >= 0.3 is 0 Å². The number of nitrogen functional groups attached to an aromatic ring is 1. The van der Waals surface area contributed by atoms with Crippen LogP contribution in [0.1, 0.15) is 25.0 Å². The van der Waals surface area contributed by atoms with Crippen molar-refractivity contribution in [3.63, 3.8) is 0 Å². The molecular formula is C15H18N4O. The third-order valence-corrected chi connectivity index (χ3v) is 3.53. The highest BCUT2D eigenvalue weighted by atomic mass is 16.1.